The second kappa shape index (κ2) is 7.33. The van der Waals surface area contributed by atoms with Crippen molar-refractivity contribution in [2.75, 3.05) is 19.7 Å². The summed E-state index contributed by atoms with van der Waals surface area (Å²) in [6.07, 6.45) is 3.00. The highest BCUT2D eigenvalue weighted by Crippen LogP contribution is 2.34. The van der Waals surface area contributed by atoms with Gasteiger partial charge in [-0.15, -0.1) is 0 Å². The maximum atomic E-state index is 11.0. The lowest BCUT2D eigenvalue weighted by Crippen LogP contribution is -2.35. The van der Waals surface area contributed by atoms with Gasteiger partial charge < -0.3 is 14.6 Å². The van der Waals surface area contributed by atoms with Crippen LogP contribution in [0.15, 0.2) is 42.6 Å². The summed E-state index contributed by atoms with van der Waals surface area (Å²) >= 11 is 0. The van der Waals surface area contributed by atoms with E-state index in [4.69, 9.17) is 14.6 Å². The van der Waals surface area contributed by atoms with E-state index >= 15 is 0 Å². The van der Waals surface area contributed by atoms with Gasteiger partial charge in [-0.05, 0) is 49.2 Å². The topological polar surface area (TPSA) is 71.9 Å². The maximum absolute atomic E-state index is 11.0. The third-order valence-electron chi connectivity index (χ3n) is 5.07. The van der Waals surface area contributed by atoms with Crippen LogP contribution in [0.2, 0.25) is 0 Å². The van der Waals surface area contributed by atoms with Crippen LogP contribution >= 0.6 is 0 Å². The largest absolute Gasteiger partial charge is 0.484 e. The van der Waals surface area contributed by atoms with Crippen molar-refractivity contribution in [3.05, 3.63) is 53.7 Å². The third-order valence-corrected chi connectivity index (χ3v) is 5.07. The van der Waals surface area contributed by atoms with Crippen LogP contribution in [0.1, 0.15) is 30.1 Å². The summed E-state index contributed by atoms with van der Waals surface area (Å²) in [5, 5.41) is 9.08. The van der Waals surface area contributed by atoms with Crippen molar-refractivity contribution >= 4 is 5.97 Å². The van der Waals surface area contributed by atoms with Gasteiger partial charge in [-0.25, -0.2) is 4.98 Å². The number of piperidine rings is 1. The molecule has 2 aromatic rings. The van der Waals surface area contributed by atoms with E-state index in [1.165, 1.54) is 5.56 Å². The number of likely N-dealkylation sites (tertiary alicyclic amines) is 1. The van der Waals surface area contributed by atoms with Crippen LogP contribution in [-0.4, -0.2) is 40.7 Å². The molecule has 0 saturated carbocycles. The first-order valence-electron chi connectivity index (χ1n) is 8.97. The Kier molecular flexibility index (Phi) is 4.75. The minimum atomic E-state index is -0.667. The lowest BCUT2D eigenvalue weighted by atomic mass is 9.96. The van der Waals surface area contributed by atoms with Gasteiger partial charge in [0.15, 0.2) is 11.9 Å². The van der Waals surface area contributed by atoms with Crippen LogP contribution in [0.5, 0.6) is 11.6 Å². The number of aliphatic carboxylic acids is 1. The Morgan fingerprint density at radius 2 is 1.96 bits per heavy atom. The molecule has 1 fully saturated rings. The Morgan fingerprint density at radius 1 is 1.19 bits per heavy atom. The number of fused-ring (bicyclic) bond motifs is 1. The van der Waals surface area contributed by atoms with Gasteiger partial charge >= 0.3 is 5.97 Å². The van der Waals surface area contributed by atoms with Crippen LogP contribution < -0.4 is 9.47 Å². The highest BCUT2D eigenvalue weighted by Gasteiger charge is 2.25. The number of benzene rings is 1. The molecular weight excluding hydrogens is 332 g/mol. The highest BCUT2D eigenvalue weighted by molar-refractivity contribution is 5.70. The molecule has 1 atom stereocenters. The summed E-state index contributed by atoms with van der Waals surface area (Å²) in [6, 6.07) is 12.0. The molecule has 0 radical (unpaired) electrons. The fourth-order valence-corrected chi connectivity index (χ4v) is 3.51. The van der Waals surface area contributed by atoms with Crippen molar-refractivity contribution in [1.82, 2.24) is 9.88 Å². The monoisotopic (exact) mass is 354 g/mol. The molecule has 26 heavy (non-hydrogen) atoms. The number of carbonyl (C=O) groups is 1. The van der Waals surface area contributed by atoms with E-state index in [-0.39, 0.29) is 12.0 Å². The number of hydrogen-bond acceptors (Lipinski definition) is 5. The molecule has 6 heteroatoms. The summed E-state index contributed by atoms with van der Waals surface area (Å²) in [4.78, 5) is 17.6. The first-order chi connectivity index (χ1) is 12.7. The summed E-state index contributed by atoms with van der Waals surface area (Å²) in [5.74, 6) is 0.368. The smallest absolute Gasteiger partial charge is 0.306 e. The number of ether oxygens (including phenoxy) is 2. The van der Waals surface area contributed by atoms with Gasteiger partial charge in [0.2, 0.25) is 0 Å². The quantitative estimate of drug-likeness (QED) is 0.910. The van der Waals surface area contributed by atoms with Crippen LogP contribution in [0.25, 0.3) is 0 Å². The summed E-state index contributed by atoms with van der Waals surface area (Å²) < 4.78 is 11.7. The molecule has 4 rings (SSSR count). The Labute approximate surface area is 152 Å². The van der Waals surface area contributed by atoms with E-state index in [1.54, 1.807) is 6.20 Å². The van der Waals surface area contributed by atoms with Crippen molar-refractivity contribution in [2.24, 2.45) is 5.92 Å². The van der Waals surface area contributed by atoms with Crippen LogP contribution in [0, 0.1) is 5.92 Å². The molecule has 2 aliphatic rings. The zero-order chi connectivity index (χ0) is 17.9. The van der Waals surface area contributed by atoms with Crippen LogP contribution in [0.4, 0.5) is 0 Å². The number of hydrogen-bond donors (Lipinski definition) is 1. The van der Waals surface area contributed by atoms with E-state index in [1.807, 2.05) is 12.1 Å². The zero-order valence-corrected chi connectivity index (χ0v) is 14.5. The second-order valence-corrected chi connectivity index (χ2v) is 6.85. The van der Waals surface area contributed by atoms with Crippen LogP contribution in [0.3, 0.4) is 0 Å². The lowest BCUT2D eigenvalue weighted by molar-refractivity contribution is -0.143. The summed E-state index contributed by atoms with van der Waals surface area (Å²) in [5.41, 5.74) is 2.28. The molecule has 136 valence electrons. The summed E-state index contributed by atoms with van der Waals surface area (Å²) in [6.45, 7) is 2.99. The number of carboxylic acids is 1. The number of carboxylic acid groups (broad SMARTS) is 1. The van der Waals surface area contributed by atoms with Crippen molar-refractivity contribution in [2.45, 2.75) is 25.5 Å². The third kappa shape index (κ3) is 3.65. The lowest BCUT2D eigenvalue weighted by Gasteiger charge is -2.30. The van der Waals surface area contributed by atoms with E-state index < -0.39 is 5.97 Å². The molecule has 6 nitrogen and oxygen atoms in total. The summed E-state index contributed by atoms with van der Waals surface area (Å²) in [7, 11) is 0. The molecule has 0 unspecified atom stereocenters. The molecule has 1 saturated heterocycles. The van der Waals surface area contributed by atoms with E-state index in [0.29, 0.717) is 18.2 Å². The van der Waals surface area contributed by atoms with E-state index in [0.717, 1.165) is 38.0 Å². The number of aromatic nitrogens is 1. The first-order valence-corrected chi connectivity index (χ1v) is 8.97. The standard InChI is InChI=1S/C20H22N2O4/c23-20(24)16-7-10-22(11-8-16)12-14-3-5-15(6-4-14)18-13-25-17-2-1-9-21-19(17)26-18/h1-6,9,16,18H,7-8,10-13H2,(H,23,24)/t18-/m1/s1. The van der Waals surface area contributed by atoms with Gasteiger partial charge in [-0.3, -0.25) is 9.69 Å². The van der Waals surface area contributed by atoms with Crippen molar-refractivity contribution < 1.29 is 19.4 Å². The van der Waals surface area contributed by atoms with Crippen molar-refractivity contribution in [3.8, 4) is 11.6 Å². The fraction of sp³-hybridized carbons (Fsp3) is 0.400. The van der Waals surface area contributed by atoms with Crippen molar-refractivity contribution in [1.29, 1.82) is 0 Å². The molecule has 3 heterocycles. The molecule has 1 N–H and O–H groups in total. The number of rotatable bonds is 4. The van der Waals surface area contributed by atoms with Gasteiger partial charge in [0, 0.05) is 12.7 Å². The molecular formula is C20H22N2O4. The normalized spacial score (nSPS) is 20.7. The highest BCUT2D eigenvalue weighted by atomic mass is 16.6. The van der Waals surface area contributed by atoms with E-state index in [2.05, 4.69) is 34.1 Å². The zero-order valence-electron chi connectivity index (χ0n) is 14.5. The Balaban J connectivity index is 1.35. The second-order valence-electron chi connectivity index (χ2n) is 6.85. The van der Waals surface area contributed by atoms with Gasteiger partial charge in [0.25, 0.3) is 5.88 Å². The maximum Gasteiger partial charge on any atom is 0.306 e. The van der Waals surface area contributed by atoms with Crippen LogP contribution in [-0.2, 0) is 11.3 Å². The number of pyridine rings is 1. The first kappa shape index (κ1) is 16.8. The molecule has 0 spiro atoms. The van der Waals surface area contributed by atoms with Gasteiger partial charge in [0.05, 0.1) is 5.92 Å². The van der Waals surface area contributed by atoms with Gasteiger partial charge in [-0.2, -0.15) is 0 Å². The average molecular weight is 354 g/mol. The van der Waals surface area contributed by atoms with Gasteiger partial charge in [0.1, 0.15) is 6.61 Å². The minimum absolute atomic E-state index is 0.155. The predicted molar refractivity (Wildman–Crippen MR) is 95.2 cm³/mol. The molecule has 1 aromatic heterocycles. The molecule has 0 amide bonds. The molecule has 0 bridgehead atoms. The molecule has 0 aliphatic carbocycles. The van der Waals surface area contributed by atoms with Gasteiger partial charge in [-0.1, -0.05) is 24.3 Å². The minimum Gasteiger partial charge on any atom is -0.484 e. The fourth-order valence-electron chi connectivity index (χ4n) is 3.51. The number of nitrogens with zero attached hydrogens (tertiary/aromatic N) is 2. The average Bonchev–Trinajstić information content (AvgIpc) is 2.68. The molecule has 1 aromatic carbocycles. The predicted octanol–water partition coefficient (Wildman–Crippen LogP) is 2.89. The molecule has 2 aliphatic heterocycles. The Morgan fingerprint density at radius 3 is 2.69 bits per heavy atom. The van der Waals surface area contributed by atoms with E-state index in [9.17, 15) is 4.79 Å². The Hall–Kier alpha value is -2.60. The van der Waals surface area contributed by atoms with Crippen molar-refractivity contribution in [3.63, 3.8) is 0 Å². The SMILES string of the molecule is O=C(O)C1CCN(Cc2ccc([C@H]3COc4cccnc4O3)cc2)CC1. The Bertz CT molecular complexity index is 770.